The summed E-state index contributed by atoms with van der Waals surface area (Å²) < 4.78 is 40.3. The first-order chi connectivity index (χ1) is 14.1. The van der Waals surface area contributed by atoms with E-state index in [9.17, 15) is 13.2 Å². The molecule has 1 aliphatic rings. The molecule has 2 heterocycles. The lowest BCUT2D eigenvalue weighted by Crippen LogP contribution is -2.39. The zero-order valence-electron chi connectivity index (χ0n) is 16.6. The lowest BCUT2D eigenvalue weighted by atomic mass is 9.92. The van der Waals surface area contributed by atoms with Crippen LogP contribution >= 0.6 is 23.8 Å². The van der Waals surface area contributed by atoms with Crippen LogP contribution in [0.15, 0.2) is 30.3 Å². The van der Waals surface area contributed by atoms with Crippen LogP contribution in [0.25, 0.3) is 0 Å². The van der Waals surface area contributed by atoms with Gasteiger partial charge in [0.1, 0.15) is 5.82 Å². The first kappa shape index (κ1) is 22.6. The van der Waals surface area contributed by atoms with E-state index in [-0.39, 0.29) is 16.9 Å². The highest BCUT2D eigenvalue weighted by Gasteiger charge is 2.35. The maximum absolute atomic E-state index is 13.4. The summed E-state index contributed by atoms with van der Waals surface area (Å²) in [6.45, 7) is 5.78. The van der Waals surface area contributed by atoms with Crippen molar-refractivity contribution in [3.63, 3.8) is 0 Å². The Labute approximate surface area is 184 Å². The molecule has 2 aromatic rings. The second-order valence-electron chi connectivity index (χ2n) is 7.68. The quantitative estimate of drug-likeness (QED) is 0.622. The van der Waals surface area contributed by atoms with E-state index in [4.69, 9.17) is 23.8 Å². The average Bonchev–Trinajstić information content (AvgIpc) is 2.65. The number of anilines is 2. The van der Waals surface area contributed by atoms with Gasteiger partial charge in [0, 0.05) is 30.7 Å². The molecule has 0 spiro atoms. The number of benzene rings is 1. The summed E-state index contributed by atoms with van der Waals surface area (Å²) in [6.07, 6.45) is -3.55. The Balaban J connectivity index is 1.77. The predicted molar refractivity (Wildman–Crippen MR) is 117 cm³/mol. The van der Waals surface area contributed by atoms with Gasteiger partial charge in [0.15, 0.2) is 10.8 Å². The van der Waals surface area contributed by atoms with Crippen molar-refractivity contribution in [2.45, 2.75) is 33.0 Å². The highest BCUT2D eigenvalue weighted by atomic mass is 35.5. The molecule has 1 aliphatic heterocycles. The zero-order chi connectivity index (χ0) is 21.9. The smallest absolute Gasteiger partial charge is 0.358 e. The molecule has 2 atom stereocenters. The zero-order valence-corrected chi connectivity index (χ0v) is 18.2. The van der Waals surface area contributed by atoms with Crippen molar-refractivity contribution in [1.29, 1.82) is 0 Å². The topological polar surface area (TPSA) is 53.1 Å². The van der Waals surface area contributed by atoms with Crippen LogP contribution in [-0.2, 0) is 12.7 Å². The van der Waals surface area contributed by atoms with Crippen LogP contribution in [0, 0.1) is 11.8 Å². The molecule has 0 bridgehead atoms. The van der Waals surface area contributed by atoms with Crippen molar-refractivity contribution in [3.05, 3.63) is 46.6 Å². The number of nitrogens with zero attached hydrogens (tertiary/aromatic N) is 3. The Morgan fingerprint density at radius 1 is 1.20 bits per heavy atom. The number of nitrogens with one attached hydrogen (secondary N) is 2. The molecule has 0 saturated carbocycles. The highest BCUT2D eigenvalue weighted by Crippen LogP contribution is 2.32. The van der Waals surface area contributed by atoms with Gasteiger partial charge in [0.2, 0.25) is 5.95 Å². The molecule has 30 heavy (non-hydrogen) atoms. The van der Waals surface area contributed by atoms with Crippen molar-refractivity contribution in [1.82, 2.24) is 15.3 Å². The van der Waals surface area contributed by atoms with Gasteiger partial charge in [-0.25, -0.2) is 4.98 Å². The van der Waals surface area contributed by atoms with Crippen LogP contribution in [0.1, 0.15) is 31.5 Å². The molecule has 5 nitrogen and oxygen atoms in total. The Bertz CT molecular complexity index is 898. The van der Waals surface area contributed by atoms with Gasteiger partial charge >= 0.3 is 6.18 Å². The molecule has 3 rings (SSSR count). The molecule has 1 saturated heterocycles. The number of halogens is 4. The summed E-state index contributed by atoms with van der Waals surface area (Å²) in [6, 6.07) is 8.22. The second-order valence-corrected chi connectivity index (χ2v) is 8.50. The van der Waals surface area contributed by atoms with Crippen molar-refractivity contribution in [2.75, 3.05) is 23.3 Å². The highest BCUT2D eigenvalue weighted by molar-refractivity contribution is 7.80. The minimum Gasteiger partial charge on any atom is -0.358 e. The number of aromatic nitrogens is 2. The molecule has 1 aromatic heterocycles. The third-order valence-corrected chi connectivity index (χ3v) is 5.43. The predicted octanol–water partition coefficient (Wildman–Crippen LogP) is 5.12. The third-order valence-electron chi connectivity index (χ3n) is 4.82. The van der Waals surface area contributed by atoms with Gasteiger partial charge < -0.3 is 15.5 Å². The number of rotatable bonds is 4. The van der Waals surface area contributed by atoms with Crippen molar-refractivity contribution >= 4 is 40.7 Å². The van der Waals surface area contributed by atoms with E-state index in [2.05, 4.69) is 34.4 Å². The molecule has 162 valence electrons. The van der Waals surface area contributed by atoms with Crippen LogP contribution in [0.5, 0.6) is 0 Å². The number of piperidine rings is 1. The number of thiocarbonyl (C=S) groups is 1. The van der Waals surface area contributed by atoms with E-state index in [1.54, 1.807) is 6.07 Å². The third kappa shape index (κ3) is 5.95. The first-order valence-electron chi connectivity index (χ1n) is 9.61. The van der Waals surface area contributed by atoms with Crippen LogP contribution in [-0.4, -0.2) is 28.2 Å². The van der Waals surface area contributed by atoms with E-state index >= 15 is 0 Å². The summed E-state index contributed by atoms with van der Waals surface area (Å²) in [7, 11) is 0. The minimum atomic E-state index is -4.59. The molecule has 0 aliphatic carbocycles. The van der Waals surface area contributed by atoms with E-state index in [0.717, 1.165) is 18.1 Å². The molecular weight excluding hydrogens is 435 g/mol. The van der Waals surface area contributed by atoms with Gasteiger partial charge in [0.25, 0.3) is 0 Å². The van der Waals surface area contributed by atoms with Gasteiger partial charge in [-0.1, -0.05) is 43.6 Å². The molecular formula is C20H23ClF3N5S. The van der Waals surface area contributed by atoms with E-state index in [1.807, 2.05) is 23.1 Å². The summed E-state index contributed by atoms with van der Waals surface area (Å²) in [5.74, 6) is 0.787. The summed E-state index contributed by atoms with van der Waals surface area (Å²) in [5, 5.41) is 6.27. The molecule has 0 unspecified atom stereocenters. The summed E-state index contributed by atoms with van der Waals surface area (Å²) in [4.78, 5) is 9.80. The maximum Gasteiger partial charge on any atom is 0.433 e. The van der Waals surface area contributed by atoms with Crippen LogP contribution < -0.4 is 15.5 Å². The lowest BCUT2D eigenvalue weighted by molar-refractivity contribution is -0.141. The van der Waals surface area contributed by atoms with Gasteiger partial charge in [-0.2, -0.15) is 18.2 Å². The monoisotopic (exact) mass is 457 g/mol. The average molecular weight is 458 g/mol. The lowest BCUT2D eigenvalue weighted by Gasteiger charge is -2.36. The van der Waals surface area contributed by atoms with Gasteiger partial charge in [-0.05, 0) is 42.1 Å². The van der Waals surface area contributed by atoms with E-state index in [0.29, 0.717) is 36.5 Å². The molecule has 0 amide bonds. The minimum absolute atomic E-state index is 0.112. The standard InChI is InChI=1S/C20H23ClF3N5S/c1-12-7-13(2)11-29(10-12)17-8-16(20(22,23)24)26-18(27-17)28-19(30)25-9-14-5-3-4-6-15(14)21/h3-6,8,12-13H,7,9-11H2,1-2H3,(H2,25,26,27,28,30)/t12-,13-/m1/s1. The fourth-order valence-corrected chi connectivity index (χ4v) is 3.98. The molecule has 10 heteroatoms. The van der Waals surface area contributed by atoms with Crippen molar-refractivity contribution < 1.29 is 13.2 Å². The SMILES string of the molecule is C[C@@H]1C[C@@H](C)CN(c2cc(C(F)(F)F)nc(NC(=S)NCc3ccccc3Cl)n2)C1. The fourth-order valence-electron chi connectivity index (χ4n) is 3.61. The number of hydrogen-bond donors (Lipinski definition) is 2. The molecule has 0 radical (unpaired) electrons. The van der Waals surface area contributed by atoms with Crippen molar-refractivity contribution in [2.24, 2.45) is 11.8 Å². The van der Waals surface area contributed by atoms with Crippen LogP contribution in [0.3, 0.4) is 0 Å². The fraction of sp³-hybridized carbons (Fsp3) is 0.450. The molecule has 1 aromatic carbocycles. The Hall–Kier alpha value is -2.13. The summed E-state index contributed by atoms with van der Waals surface area (Å²) in [5.41, 5.74) is -0.194. The Kier molecular flexibility index (Phi) is 7.02. The van der Waals surface area contributed by atoms with Crippen molar-refractivity contribution in [3.8, 4) is 0 Å². The number of alkyl halides is 3. The van der Waals surface area contributed by atoms with Gasteiger partial charge in [-0.3, -0.25) is 0 Å². The van der Waals surface area contributed by atoms with E-state index < -0.39 is 11.9 Å². The summed E-state index contributed by atoms with van der Waals surface area (Å²) >= 11 is 11.3. The Morgan fingerprint density at radius 2 is 1.87 bits per heavy atom. The molecule has 1 fully saturated rings. The van der Waals surface area contributed by atoms with Gasteiger partial charge in [-0.15, -0.1) is 0 Å². The Morgan fingerprint density at radius 3 is 2.50 bits per heavy atom. The van der Waals surface area contributed by atoms with E-state index in [1.165, 1.54) is 0 Å². The largest absolute Gasteiger partial charge is 0.433 e. The number of hydrogen-bond acceptors (Lipinski definition) is 4. The van der Waals surface area contributed by atoms with Crippen LogP contribution in [0.2, 0.25) is 5.02 Å². The molecule has 2 N–H and O–H groups in total. The van der Waals surface area contributed by atoms with Gasteiger partial charge in [0.05, 0.1) is 0 Å². The maximum atomic E-state index is 13.4. The first-order valence-corrected chi connectivity index (χ1v) is 10.4. The van der Waals surface area contributed by atoms with Crippen LogP contribution in [0.4, 0.5) is 24.9 Å². The second kappa shape index (κ2) is 9.34. The normalized spacial score (nSPS) is 19.5.